The van der Waals surface area contributed by atoms with Gasteiger partial charge in [-0.2, -0.15) is 26.3 Å². The number of morpholine rings is 1. The number of carboxylic acids is 2. The van der Waals surface area contributed by atoms with Crippen molar-refractivity contribution < 1.29 is 50.9 Å². The van der Waals surface area contributed by atoms with Gasteiger partial charge in [-0.15, -0.1) is 0 Å². The minimum absolute atomic E-state index is 0.0633. The highest BCUT2D eigenvalue weighted by atomic mass is 19.4. The van der Waals surface area contributed by atoms with Gasteiger partial charge in [0.1, 0.15) is 0 Å². The number of hydrogen-bond acceptors (Lipinski definition) is 5. The molecule has 0 spiro atoms. The average Bonchev–Trinajstić information content (AvgIpc) is 2.34. The molecule has 2 aliphatic heterocycles. The topological polar surface area (TPSA) is 99.1 Å². The fourth-order valence-corrected chi connectivity index (χ4v) is 1.90. The fraction of sp³-hybridized carbons (Fsp3) is 0.846. The van der Waals surface area contributed by atoms with Gasteiger partial charge in [-0.3, -0.25) is 4.90 Å². The molecule has 0 radical (unpaired) electrons. The smallest absolute Gasteiger partial charge is 0.475 e. The van der Waals surface area contributed by atoms with Gasteiger partial charge in [0.2, 0.25) is 0 Å². The van der Waals surface area contributed by atoms with Crippen molar-refractivity contribution in [1.82, 2.24) is 10.2 Å². The maximum Gasteiger partial charge on any atom is 0.490 e. The van der Waals surface area contributed by atoms with E-state index < -0.39 is 24.3 Å². The predicted octanol–water partition coefficient (Wildman–Crippen LogP) is 1.34. The molecule has 7 nitrogen and oxygen atoms in total. The molecule has 0 atom stereocenters. The Balaban J connectivity index is 0.000000390. The summed E-state index contributed by atoms with van der Waals surface area (Å²) < 4.78 is 69.1. The summed E-state index contributed by atoms with van der Waals surface area (Å²) >= 11 is 0. The van der Waals surface area contributed by atoms with E-state index in [1.165, 1.54) is 0 Å². The third-order valence-corrected chi connectivity index (χ3v) is 3.22. The Morgan fingerprint density at radius 2 is 1.42 bits per heavy atom. The zero-order valence-corrected chi connectivity index (χ0v) is 13.9. The maximum absolute atomic E-state index is 10.6. The molecule has 0 amide bonds. The lowest BCUT2D eigenvalue weighted by Crippen LogP contribution is -2.62. The minimum Gasteiger partial charge on any atom is -0.475 e. The number of carbonyl (C=O) groups is 2. The highest BCUT2D eigenvalue weighted by Gasteiger charge is 2.39. The zero-order chi connectivity index (χ0) is 20.8. The molecular weight excluding hydrogens is 378 g/mol. The normalized spacial score (nSPS) is 20.6. The number of rotatable bonds is 1. The lowest BCUT2D eigenvalue weighted by molar-refractivity contribution is -0.193. The lowest BCUT2D eigenvalue weighted by Gasteiger charge is -2.45. The van der Waals surface area contributed by atoms with Crippen LogP contribution in [0.15, 0.2) is 0 Å². The van der Waals surface area contributed by atoms with E-state index in [1.54, 1.807) is 0 Å². The van der Waals surface area contributed by atoms with Gasteiger partial charge in [-0.05, 0) is 13.8 Å². The molecule has 13 heteroatoms. The molecule has 0 aromatic carbocycles. The number of halogens is 6. The van der Waals surface area contributed by atoms with Crippen LogP contribution >= 0.6 is 0 Å². The van der Waals surface area contributed by atoms with Crippen molar-refractivity contribution in [3.63, 3.8) is 0 Å². The molecule has 0 bridgehead atoms. The third-order valence-electron chi connectivity index (χ3n) is 3.22. The summed E-state index contributed by atoms with van der Waals surface area (Å²) in [7, 11) is 0. The molecule has 2 rings (SSSR count). The van der Waals surface area contributed by atoms with Gasteiger partial charge >= 0.3 is 24.3 Å². The van der Waals surface area contributed by atoms with Crippen LogP contribution in [0.3, 0.4) is 0 Å². The summed E-state index contributed by atoms with van der Waals surface area (Å²) in [6.07, 6.45) is -10.2. The number of ether oxygens (including phenoxy) is 1. The van der Waals surface area contributed by atoms with E-state index in [0.717, 1.165) is 38.8 Å². The van der Waals surface area contributed by atoms with Gasteiger partial charge in [0.05, 0.1) is 12.2 Å². The summed E-state index contributed by atoms with van der Waals surface area (Å²) in [6.45, 7) is 9.75. The molecule has 154 valence electrons. The zero-order valence-electron chi connectivity index (χ0n) is 13.9. The van der Waals surface area contributed by atoms with Gasteiger partial charge in [-0.1, -0.05) is 0 Å². The molecule has 2 heterocycles. The Morgan fingerprint density at radius 3 is 1.65 bits per heavy atom. The maximum atomic E-state index is 10.6. The van der Waals surface area contributed by atoms with Crippen molar-refractivity contribution in [2.24, 2.45) is 0 Å². The Kier molecular flexibility index (Phi) is 8.79. The number of nitrogens with zero attached hydrogens (tertiary/aromatic N) is 1. The van der Waals surface area contributed by atoms with Crippen molar-refractivity contribution in [3.05, 3.63) is 0 Å². The third kappa shape index (κ3) is 9.77. The second-order valence-corrected chi connectivity index (χ2v) is 6.00. The first-order chi connectivity index (χ1) is 11.6. The summed E-state index contributed by atoms with van der Waals surface area (Å²) in [4.78, 5) is 20.3. The van der Waals surface area contributed by atoms with Crippen LogP contribution in [0.25, 0.3) is 0 Å². The van der Waals surface area contributed by atoms with Gasteiger partial charge in [0, 0.05) is 32.2 Å². The molecule has 0 aromatic rings. The van der Waals surface area contributed by atoms with E-state index >= 15 is 0 Å². The molecule has 2 saturated heterocycles. The van der Waals surface area contributed by atoms with Gasteiger partial charge < -0.3 is 20.3 Å². The molecule has 26 heavy (non-hydrogen) atoms. The van der Waals surface area contributed by atoms with E-state index in [4.69, 9.17) is 24.5 Å². The monoisotopic (exact) mass is 398 g/mol. The number of alkyl halides is 6. The Hall–Kier alpha value is -1.60. The van der Waals surface area contributed by atoms with Crippen LogP contribution in [0, 0.1) is 0 Å². The SMILES string of the molecule is CC1(C)CN(C2CNC2)CCO1.O=C(O)C(F)(F)F.O=C(O)C(F)(F)F. The second kappa shape index (κ2) is 9.37. The minimum atomic E-state index is -5.08. The first kappa shape index (κ1) is 24.4. The first-order valence-electron chi connectivity index (χ1n) is 7.25. The Labute approximate surface area is 144 Å². The van der Waals surface area contributed by atoms with Crippen LogP contribution in [0.1, 0.15) is 13.8 Å². The standard InChI is InChI=1S/C9H18N2O.2C2HF3O2/c1-9(2)7-11(3-4-12-9)8-5-10-6-8;2*3-2(4,5)1(6)7/h8,10H,3-7H2,1-2H3;2*(H,6,7). The van der Waals surface area contributed by atoms with E-state index in [1.807, 2.05) is 0 Å². The van der Waals surface area contributed by atoms with E-state index in [-0.39, 0.29) is 5.60 Å². The highest BCUT2D eigenvalue weighted by molar-refractivity contribution is 5.73. The summed E-state index contributed by atoms with van der Waals surface area (Å²) in [5.74, 6) is -5.51. The highest BCUT2D eigenvalue weighted by Crippen LogP contribution is 2.19. The number of nitrogens with one attached hydrogen (secondary N) is 1. The van der Waals surface area contributed by atoms with Crippen LogP contribution in [0.2, 0.25) is 0 Å². The lowest BCUT2D eigenvalue weighted by atomic mass is 10.0. The molecular formula is C13H20F6N2O5. The average molecular weight is 398 g/mol. The molecule has 0 aliphatic carbocycles. The van der Waals surface area contributed by atoms with Gasteiger partial charge in [-0.25, -0.2) is 9.59 Å². The molecule has 0 unspecified atom stereocenters. The van der Waals surface area contributed by atoms with Crippen molar-refractivity contribution in [2.75, 3.05) is 32.8 Å². The molecule has 3 N–H and O–H groups in total. The Bertz CT molecular complexity index is 453. The van der Waals surface area contributed by atoms with E-state index in [2.05, 4.69) is 24.1 Å². The van der Waals surface area contributed by atoms with Crippen molar-refractivity contribution in [2.45, 2.75) is 37.8 Å². The van der Waals surface area contributed by atoms with Gasteiger partial charge in [0.15, 0.2) is 0 Å². The summed E-state index contributed by atoms with van der Waals surface area (Å²) in [5.41, 5.74) is 0.0633. The first-order valence-corrected chi connectivity index (χ1v) is 7.25. The Morgan fingerprint density at radius 1 is 1.04 bits per heavy atom. The largest absolute Gasteiger partial charge is 0.490 e. The van der Waals surface area contributed by atoms with Crippen LogP contribution in [-0.2, 0) is 14.3 Å². The molecule has 2 fully saturated rings. The van der Waals surface area contributed by atoms with Crippen molar-refractivity contribution in [1.29, 1.82) is 0 Å². The molecule has 2 aliphatic rings. The van der Waals surface area contributed by atoms with Crippen LogP contribution in [0.4, 0.5) is 26.3 Å². The summed E-state index contributed by atoms with van der Waals surface area (Å²) in [5, 5.41) is 17.6. The second-order valence-electron chi connectivity index (χ2n) is 6.00. The van der Waals surface area contributed by atoms with Crippen molar-refractivity contribution in [3.8, 4) is 0 Å². The molecule has 0 aromatic heterocycles. The number of hydrogen-bond donors (Lipinski definition) is 3. The quantitative estimate of drug-likeness (QED) is 0.574. The van der Waals surface area contributed by atoms with Gasteiger partial charge in [0.25, 0.3) is 0 Å². The predicted molar refractivity (Wildman–Crippen MR) is 75.6 cm³/mol. The number of aliphatic carboxylic acids is 2. The van der Waals surface area contributed by atoms with Crippen LogP contribution < -0.4 is 5.32 Å². The van der Waals surface area contributed by atoms with Crippen LogP contribution in [-0.4, -0.2) is 83.8 Å². The van der Waals surface area contributed by atoms with E-state index in [0.29, 0.717) is 0 Å². The van der Waals surface area contributed by atoms with E-state index in [9.17, 15) is 26.3 Å². The van der Waals surface area contributed by atoms with Crippen molar-refractivity contribution >= 4 is 11.9 Å². The summed E-state index contributed by atoms with van der Waals surface area (Å²) in [6, 6.07) is 0.771. The fourth-order valence-electron chi connectivity index (χ4n) is 1.90. The number of carboxylic acid groups (broad SMARTS) is 2. The molecule has 0 saturated carbocycles. The van der Waals surface area contributed by atoms with Crippen LogP contribution in [0.5, 0.6) is 0 Å².